The van der Waals surface area contributed by atoms with E-state index in [1.54, 1.807) is 0 Å². The molecule has 1 aromatic rings. The molecule has 1 heterocycles. The van der Waals surface area contributed by atoms with Crippen molar-refractivity contribution in [1.29, 1.82) is 0 Å². The Balaban J connectivity index is 3.09. The smallest absolute Gasteiger partial charge is 0.160 e. The molecule has 4 nitrogen and oxygen atoms in total. The van der Waals surface area contributed by atoms with Gasteiger partial charge < -0.3 is 10.1 Å². The van der Waals surface area contributed by atoms with Gasteiger partial charge in [0.1, 0.15) is 5.60 Å². The maximum absolute atomic E-state index is 6.00. The summed E-state index contributed by atoms with van der Waals surface area (Å²) in [5.41, 5.74) is 1.68. The summed E-state index contributed by atoms with van der Waals surface area (Å²) in [6, 6.07) is 2.49. The zero-order valence-corrected chi connectivity index (χ0v) is 13.8. The van der Waals surface area contributed by atoms with Crippen LogP contribution in [0.15, 0.2) is 6.07 Å². The van der Waals surface area contributed by atoms with Crippen LogP contribution in [0.1, 0.15) is 64.7 Å². The summed E-state index contributed by atoms with van der Waals surface area (Å²) >= 11 is 0. The molecular formula is C16H29N3O. The molecule has 114 valence electrons. The number of rotatable bonds is 8. The monoisotopic (exact) mass is 279 g/mol. The molecule has 1 N–H and O–H groups in total. The lowest BCUT2D eigenvalue weighted by molar-refractivity contribution is -0.0574. The molecule has 0 bridgehead atoms. The quantitative estimate of drug-likeness (QED) is 0.793. The van der Waals surface area contributed by atoms with Crippen LogP contribution in [0.4, 0.5) is 0 Å². The molecule has 0 atom stereocenters. The average Bonchev–Trinajstić information content (AvgIpc) is 2.42. The highest BCUT2D eigenvalue weighted by Gasteiger charge is 2.32. The lowest BCUT2D eigenvalue weighted by atomic mass is 9.95. The van der Waals surface area contributed by atoms with Crippen LogP contribution in [0.2, 0.25) is 0 Å². The van der Waals surface area contributed by atoms with E-state index < -0.39 is 0 Å². The first kappa shape index (κ1) is 17.1. The fourth-order valence-corrected chi connectivity index (χ4v) is 2.35. The number of nitrogens with zero attached hydrogens (tertiary/aromatic N) is 2. The van der Waals surface area contributed by atoms with E-state index in [0.717, 1.165) is 36.6 Å². The van der Waals surface area contributed by atoms with Crippen molar-refractivity contribution in [2.45, 2.75) is 72.6 Å². The van der Waals surface area contributed by atoms with Gasteiger partial charge in [-0.15, -0.1) is 0 Å². The van der Waals surface area contributed by atoms with E-state index in [4.69, 9.17) is 9.72 Å². The molecule has 0 aliphatic carbocycles. The lowest BCUT2D eigenvalue weighted by Gasteiger charge is -2.30. The van der Waals surface area contributed by atoms with Crippen molar-refractivity contribution in [3.63, 3.8) is 0 Å². The topological polar surface area (TPSA) is 47.0 Å². The fraction of sp³-hybridized carbons (Fsp3) is 0.750. The largest absolute Gasteiger partial charge is 0.367 e. The molecule has 0 spiro atoms. The van der Waals surface area contributed by atoms with E-state index in [2.05, 4.69) is 38.0 Å². The van der Waals surface area contributed by atoms with Crippen molar-refractivity contribution in [2.24, 2.45) is 0 Å². The Labute approximate surface area is 123 Å². The maximum atomic E-state index is 6.00. The highest BCUT2D eigenvalue weighted by Crippen LogP contribution is 2.30. The van der Waals surface area contributed by atoms with Crippen molar-refractivity contribution in [3.05, 3.63) is 23.3 Å². The molecule has 0 aliphatic rings. The first-order valence-corrected chi connectivity index (χ1v) is 7.69. The van der Waals surface area contributed by atoms with Gasteiger partial charge in [-0.2, -0.15) is 0 Å². The summed E-state index contributed by atoms with van der Waals surface area (Å²) < 4.78 is 6.00. The predicted molar refractivity (Wildman–Crippen MR) is 82.6 cm³/mol. The molecule has 0 unspecified atom stereocenters. The molecule has 0 saturated carbocycles. The average molecular weight is 279 g/mol. The van der Waals surface area contributed by atoms with Crippen LogP contribution >= 0.6 is 0 Å². The second-order valence-corrected chi connectivity index (χ2v) is 5.49. The summed E-state index contributed by atoms with van der Waals surface area (Å²) in [5, 5.41) is 3.40. The lowest BCUT2D eigenvalue weighted by Crippen LogP contribution is -2.32. The maximum Gasteiger partial charge on any atom is 0.160 e. The second kappa shape index (κ2) is 7.70. The first-order valence-electron chi connectivity index (χ1n) is 7.69. The molecule has 0 aromatic carbocycles. The molecule has 1 rings (SSSR count). The normalized spacial score (nSPS) is 12.2. The molecule has 0 amide bonds. The fourth-order valence-electron chi connectivity index (χ4n) is 2.35. The SMILES string of the molecule is CCOC(CC)(CC)c1nc(C)cc(CNC(C)C)n1. The van der Waals surface area contributed by atoms with Crippen molar-refractivity contribution < 1.29 is 4.74 Å². The Morgan fingerprint density at radius 1 is 1.20 bits per heavy atom. The van der Waals surface area contributed by atoms with E-state index in [9.17, 15) is 0 Å². The number of aryl methyl sites for hydroxylation is 1. The standard InChI is InChI=1S/C16H29N3O/c1-7-16(8-2,20-9-3)15-18-13(6)10-14(19-15)11-17-12(4)5/h10,12,17H,7-9,11H2,1-6H3. The van der Waals surface area contributed by atoms with E-state index in [-0.39, 0.29) is 5.60 Å². The van der Waals surface area contributed by atoms with Gasteiger partial charge in [0, 0.05) is 24.9 Å². The summed E-state index contributed by atoms with van der Waals surface area (Å²) in [6.07, 6.45) is 1.77. The third-order valence-corrected chi connectivity index (χ3v) is 3.57. The number of ether oxygens (including phenoxy) is 1. The highest BCUT2D eigenvalue weighted by atomic mass is 16.5. The van der Waals surface area contributed by atoms with Crippen molar-refractivity contribution in [1.82, 2.24) is 15.3 Å². The van der Waals surface area contributed by atoms with E-state index in [1.165, 1.54) is 0 Å². The van der Waals surface area contributed by atoms with Crippen molar-refractivity contribution >= 4 is 0 Å². The van der Waals surface area contributed by atoms with Crippen molar-refractivity contribution in [3.8, 4) is 0 Å². The molecular weight excluding hydrogens is 250 g/mol. The van der Waals surface area contributed by atoms with Gasteiger partial charge in [-0.25, -0.2) is 9.97 Å². The molecule has 0 radical (unpaired) electrons. The Morgan fingerprint density at radius 3 is 2.35 bits per heavy atom. The van der Waals surface area contributed by atoms with Crippen LogP contribution in [0, 0.1) is 6.92 Å². The number of aromatic nitrogens is 2. The van der Waals surface area contributed by atoms with Crippen LogP contribution in [0.3, 0.4) is 0 Å². The summed E-state index contributed by atoms with van der Waals surface area (Å²) in [4.78, 5) is 9.37. The number of nitrogens with one attached hydrogen (secondary N) is 1. The second-order valence-electron chi connectivity index (χ2n) is 5.49. The predicted octanol–water partition coefficient (Wildman–Crippen LogP) is 3.33. The first-order chi connectivity index (χ1) is 9.47. The summed E-state index contributed by atoms with van der Waals surface area (Å²) in [5.74, 6) is 0.824. The third-order valence-electron chi connectivity index (χ3n) is 3.57. The van der Waals surface area contributed by atoms with Crippen LogP contribution in [-0.4, -0.2) is 22.6 Å². The van der Waals surface area contributed by atoms with Crippen molar-refractivity contribution in [2.75, 3.05) is 6.61 Å². The third kappa shape index (κ3) is 4.25. The number of hydrogen-bond acceptors (Lipinski definition) is 4. The van der Waals surface area contributed by atoms with Crippen LogP contribution < -0.4 is 5.32 Å². The Kier molecular flexibility index (Phi) is 6.56. The minimum atomic E-state index is -0.354. The van der Waals surface area contributed by atoms with Crippen LogP contribution in [0.25, 0.3) is 0 Å². The van der Waals surface area contributed by atoms with Crippen LogP contribution in [-0.2, 0) is 16.9 Å². The Bertz CT molecular complexity index is 414. The summed E-state index contributed by atoms with van der Waals surface area (Å²) in [6.45, 7) is 14.0. The van der Waals surface area contributed by atoms with Gasteiger partial charge in [-0.1, -0.05) is 27.7 Å². The van der Waals surface area contributed by atoms with Gasteiger partial charge in [-0.05, 0) is 32.8 Å². The molecule has 0 fully saturated rings. The minimum Gasteiger partial charge on any atom is -0.367 e. The zero-order chi connectivity index (χ0) is 15.2. The van der Waals surface area contributed by atoms with Crippen LogP contribution in [0.5, 0.6) is 0 Å². The van der Waals surface area contributed by atoms with Gasteiger partial charge in [-0.3, -0.25) is 0 Å². The van der Waals surface area contributed by atoms with Gasteiger partial charge >= 0.3 is 0 Å². The van der Waals surface area contributed by atoms with Gasteiger partial charge in [0.15, 0.2) is 5.82 Å². The molecule has 0 aliphatic heterocycles. The highest BCUT2D eigenvalue weighted by molar-refractivity contribution is 5.14. The minimum absolute atomic E-state index is 0.354. The van der Waals surface area contributed by atoms with E-state index >= 15 is 0 Å². The zero-order valence-electron chi connectivity index (χ0n) is 13.8. The van der Waals surface area contributed by atoms with Gasteiger partial charge in [0.25, 0.3) is 0 Å². The summed E-state index contributed by atoms with van der Waals surface area (Å²) in [7, 11) is 0. The van der Waals surface area contributed by atoms with E-state index in [1.807, 2.05) is 19.9 Å². The van der Waals surface area contributed by atoms with Gasteiger partial charge in [0.05, 0.1) is 5.69 Å². The number of hydrogen-bond donors (Lipinski definition) is 1. The Morgan fingerprint density at radius 2 is 1.85 bits per heavy atom. The molecule has 20 heavy (non-hydrogen) atoms. The van der Waals surface area contributed by atoms with E-state index in [0.29, 0.717) is 12.6 Å². The molecule has 1 aromatic heterocycles. The molecule has 0 saturated heterocycles. The Hall–Kier alpha value is -1.00. The molecule has 4 heteroatoms. The van der Waals surface area contributed by atoms with Gasteiger partial charge in [0.2, 0.25) is 0 Å².